The van der Waals surface area contributed by atoms with Crippen molar-refractivity contribution in [3.8, 4) is 5.75 Å². The van der Waals surface area contributed by atoms with E-state index in [1.54, 1.807) is 68.4 Å². The van der Waals surface area contributed by atoms with Gasteiger partial charge in [0.05, 0.1) is 17.9 Å². The number of rotatable bonds is 10. The summed E-state index contributed by atoms with van der Waals surface area (Å²) in [6.45, 7) is 5.66. The minimum absolute atomic E-state index is 0.194. The van der Waals surface area contributed by atoms with Crippen LogP contribution in [0.3, 0.4) is 0 Å². The van der Waals surface area contributed by atoms with Gasteiger partial charge in [-0.15, -0.1) is 0 Å². The monoisotopic (exact) mass is 492 g/mol. The van der Waals surface area contributed by atoms with Gasteiger partial charge in [-0.1, -0.05) is 68.4 Å². The standard InChI is InChI=1S/C28H29FN2O5/c1-4-35-23-17-11-10-16-22(23)30-27(33)25(19-12-6-5-7-13-19)36-28(34)24(18(2)3)31-26(32)20-14-8-9-15-21(20)29/h5-18,24-25H,4H2,1-3H3,(H,30,33)(H,31,32)/t24-,25?/m0/s1. The van der Waals surface area contributed by atoms with Gasteiger partial charge in [0, 0.05) is 5.56 Å². The molecule has 0 saturated carbocycles. The number of anilines is 1. The Hall–Kier alpha value is -4.20. The van der Waals surface area contributed by atoms with Gasteiger partial charge >= 0.3 is 5.97 Å². The molecule has 0 fully saturated rings. The smallest absolute Gasteiger partial charge is 0.330 e. The second kappa shape index (κ2) is 12.5. The van der Waals surface area contributed by atoms with Crippen molar-refractivity contribution in [2.45, 2.75) is 32.9 Å². The van der Waals surface area contributed by atoms with Crippen LogP contribution in [0.25, 0.3) is 0 Å². The van der Waals surface area contributed by atoms with Gasteiger partial charge < -0.3 is 20.1 Å². The van der Waals surface area contributed by atoms with Crippen molar-refractivity contribution >= 4 is 23.5 Å². The van der Waals surface area contributed by atoms with Gasteiger partial charge in [0.1, 0.15) is 17.6 Å². The van der Waals surface area contributed by atoms with Crippen molar-refractivity contribution in [3.63, 3.8) is 0 Å². The van der Waals surface area contributed by atoms with E-state index in [0.717, 1.165) is 6.07 Å². The average molecular weight is 493 g/mol. The molecule has 3 rings (SSSR count). The molecule has 0 aliphatic rings. The van der Waals surface area contributed by atoms with Crippen LogP contribution < -0.4 is 15.4 Å². The maximum atomic E-state index is 14.1. The lowest BCUT2D eigenvalue weighted by Crippen LogP contribution is -2.46. The third-order valence-corrected chi connectivity index (χ3v) is 5.34. The molecule has 7 nitrogen and oxygen atoms in total. The molecule has 0 heterocycles. The Kier molecular flexibility index (Phi) is 9.16. The number of carbonyl (C=O) groups is 3. The van der Waals surface area contributed by atoms with E-state index in [4.69, 9.17) is 9.47 Å². The number of ether oxygens (including phenoxy) is 2. The highest BCUT2D eigenvalue weighted by Crippen LogP contribution is 2.27. The number of nitrogens with one attached hydrogen (secondary N) is 2. The molecule has 0 spiro atoms. The molecule has 2 amide bonds. The molecule has 0 aromatic heterocycles. The Morgan fingerprint density at radius 3 is 2.19 bits per heavy atom. The first-order valence-electron chi connectivity index (χ1n) is 11.6. The number of halogens is 1. The fourth-order valence-electron chi connectivity index (χ4n) is 3.50. The van der Waals surface area contributed by atoms with Crippen LogP contribution in [0.4, 0.5) is 10.1 Å². The number of amides is 2. The Labute approximate surface area is 209 Å². The molecular weight excluding hydrogens is 463 g/mol. The number of carbonyl (C=O) groups excluding carboxylic acids is 3. The Bertz CT molecular complexity index is 1200. The molecule has 188 valence electrons. The maximum absolute atomic E-state index is 14.1. The molecule has 2 atom stereocenters. The summed E-state index contributed by atoms with van der Waals surface area (Å²) in [7, 11) is 0. The van der Waals surface area contributed by atoms with Gasteiger partial charge in [0.25, 0.3) is 11.8 Å². The zero-order chi connectivity index (χ0) is 26.1. The quantitative estimate of drug-likeness (QED) is 0.393. The highest BCUT2D eigenvalue weighted by atomic mass is 19.1. The van der Waals surface area contributed by atoms with Crippen LogP contribution in [0.5, 0.6) is 5.75 Å². The average Bonchev–Trinajstić information content (AvgIpc) is 2.87. The van der Waals surface area contributed by atoms with Gasteiger partial charge in [-0.2, -0.15) is 0 Å². The van der Waals surface area contributed by atoms with Gasteiger partial charge in [0.15, 0.2) is 0 Å². The molecule has 3 aromatic rings. The molecule has 1 unspecified atom stereocenters. The van der Waals surface area contributed by atoms with Crippen molar-refractivity contribution in [2.24, 2.45) is 5.92 Å². The summed E-state index contributed by atoms with van der Waals surface area (Å²) in [6, 6.07) is 19.8. The second-order valence-corrected chi connectivity index (χ2v) is 8.32. The molecule has 3 aromatic carbocycles. The van der Waals surface area contributed by atoms with Crippen molar-refractivity contribution < 1.29 is 28.2 Å². The predicted octanol–water partition coefficient (Wildman–Crippen LogP) is 4.90. The molecule has 36 heavy (non-hydrogen) atoms. The van der Waals surface area contributed by atoms with Gasteiger partial charge in [-0.25, -0.2) is 9.18 Å². The third-order valence-electron chi connectivity index (χ3n) is 5.34. The van der Waals surface area contributed by atoms with Crippen LogP contribution in [-0.4, -0.2) is 30.4 Å². The molecule has 8 heteroatoms. The van der Waals surface area contributed by atoms with E-state index in [0.29, 0.717) is 23.6 Å². The van der Waals surface area contributed by atoms with Crippen LogP contribution in [0, 0.1) is 11.7 Å². The highest BCUT2D eigenvalue weighted by Gasteiger charge is 2.32. The van der Waals surface area contributed by atoms with E-state index in [9.17, 15) is 18.8 Å². The van der Waals surface area contributed by atoms with Gasteiger partial charge in [-0.05, 0) is 37.1 Å². The molecule has 2 N–H and O–H groups in total. The van der Waals surface area contributed by atoms with Crippen molar-refractivity contribution in [1.82, 2.24) is 5.32 Å². The molecule has 0 bridgehead atoms. The first-order chi connectivity index (χ1) is 17.3. The first kappa shape index (κ1) is 26.4. The minimum atomic E-state index is -1.31. The highest BCUT2D eigenvalue weighted by molar-refractivity contribution is 5.99. The van der Waals surface area contributed by atoms with Gasteiger partial charge in [0.2, 0.25) is 6.10 Å². The van der Waals surface area contributed by atoms with E-state index in [1.807, 2.05) is 6.92 Å². The largest absolute Gasteiger partial charge is 0.492 e. The Morgan fingerprint density at radius 2 is 1.53 bits per heavy atom. The summed E-state index contributed by atoms with van der Waals surface area (Å²) in [4.78, 5) is 39.2. The second-order valence-electron chi connectivity index (χ2n) is 8.32. The van der Waals surface area contributed by atoms with Crippen molar-refractivity contribution in [2.75, 3.05) is 11.9 Å². The zero-order valence-corrected chi connectivity index (χ0v) is 20.4. The fourth-order valence-corrected chi connectivity index (χ4v) is 3.50. The van der Waals surface area contributed by atoms with E-state index in [1.165, 1.54) is 18.2 Å². The number of esters is 1. The summed E-state index contributed by atoms with van der Waals surface area (Å²) in [6.07, 6.45) is -1.31. The molecule has 0 aliphatic carbocycles. The summed E-state index contributed by atoms with van der Waals surface area (Å²) in [5.74, 6) is -2.80. The SMILES string of the molecule is CCOc1ccccc1NC(=O)C(OC(=O)[C@@H](NC(=O)c1ccccc1F)C(C)C)c1ccccc1. The summed E-state index contributed by atoms with van der Waals surface area (Å²) in [5, 5.41) is 5.30. The lowest BCUT2D eigenvalue weighted by Gasteiger charge is -2.25. The fraction of sp³-hybridized carbons (Fsp3) is 0.250. The van der Waals surface area contributed by atoms with E-state index in [-0.39, 0.29) is 5.56 Å². The summed E-state index contributed by atoms with van der Waals surface area (Å²) >= 11 is 0. The van der Waals surface area contributed by atoms with E-state index >= 15 is 0 Å². The van der Waals surface area contributed by atoms with Crippen LogP contribution in [0.15, 0.2) is 78.9 Å². The van der Waals surface area contributed by atoms with Crippen molar-refractivity contribution in [1.29, 1.82) is 0 Å². The van der Waals surface area contributed by atoms with Crippen LogP contribution in [0.1, 0.15) is 42.8 Å². The summed E-state index contributed by atoms with van der Waals surface area (Å²) < 4.78 is 25.3. The molecule has 0 saturated heterocycles. The van der Waals surface area contributed by atoms with Gasteiger partial charge in [-0.3, -0.25) is 9.59 Å². The lowest BCUT2D eigenvalue weighted by atomic mass is 10.0. The van der Waals surface area contributed by atoms with Crippen LogP contribution in [-0.2, 0) is 14.3 Å². The number of hydrogen-bond acceptors (Lipinski definition) is 5. The number of hydrogen-bond donors (Lipinski definition) is 2. The Balaban J connectivity index is 1.84. The lowest BCUT2D eigenvalue weighted by molar-refractivity contribution is -0.157. The van der Waals surface area contributed by atoms with E-state index < -0.39 is 41.7 Å². The maximum Gasteiger partial charge on any atom is 0.330 e. The van der Waals surface area contributed by atoms with Crippen LogP contribution >= 0.6 is 0 Å². The normalized spacial score (nSPS) is 12.4. The topological polar surface area (TPSA) is 93.7 Å². The molecule has 0 radical (unpaired) electrons. The minimum Gasteiger partial charge on any atom is -0.492 e. The third kappa shape index (κ3) is 6.69. The van der Waals surface area contributed by atoms with Crippen LogP contribution in [0.2, 0.25) is 0 Å². The molecule has 0 aliphatic heterocycles. The Morgan fingerprint density at radius 1 is 0.889 bits per heavy atom. The predicted molar refractivity (Wildman–Crippen MR) is 134 cm³/mol. The first-order valence-corrected chi connectivity index (χ1v) is 11.6. The number of benzene rings is 3. The number of para-hydroxylation sites is 2. The van der Waals surface area contributed by atoms with Crippen molar-refractivity contribution in [3.05, 3.63) is 95.8 Å². The summed E-state index contributed by atoms with van der Waals surface area (Å²) in [5.41, 5.74) is 0.676. The zero-order valence-electron chi connectivity index (χ0n) is 20.4. The molecular formula is C28H29FN2O5. The van der Waals surface area contributed by atoms with E-state index in [2.05, 4.69) is 10.6 Å².